The molecule has 0 aliphatic rings. The van der Waals surface area contributed by atoms with Gasteiger partial charge < -0.3 is 15.2 Å². The maximum atomic E-state index is 12.3. The number of ether oxygens (including phenoxy) is 1. The summed E-state index contributed by atoms with van der Waals surface area (Å²) >= 11 is 0. The largest absolute Gasteiger partial charge is 0.508 e. The lowest BCUT2D eigenvalue weighted by Gasteiger charge is -2.11. The molecule has 120 valence electrons. The molecule has 0 saturated carbocycles. The standard InChI is InChI=1S/C18H19NO4/c1-11-7-14(8-12(2)16(11)18(22)23-3)17(21)19-10-13-5-4-6-15(20)9-13/h4-9,20H,10H2,1-3H3,(H,19,21). The van der Waals surface area contributed by atoms with E-state index in [-0.39, 0.29) is 11.7 Å². The molecule has 0 aliphatic heterocycles. The van der Waals surface area contributed by atoms with E-state index in [0.717, 1.165) is 5.56 Å². The van der Waals surface area contributed by atoms with Crippen molar-refractivity contribution in [1.29, 1.82) is 0 Å². The van der Waals surface area contributed by atoms with Crippen molar-refractivity contribution in [3.63, 3.8) is 0 Å². The lowest BCUT2D eigenvalue weighted by molar-refractivity contribution is 0.0598. The number of amides is 1. The highest BCUT2D eigenvalue weighted by Gasteiger charge is 2.16. The molecule has 1 amide bonds. The molecule has 23 heavy (non-hydrogen) atoms. The fraction of sp³-hybridized carbons (Fsp3) is 0.222. The number of esters is 1. The Morgan fingerprint density at radius 1 is 1.13 bits per heavy atom. The second-order valence-electron chi connectivity index (χ2n) is 5.33. The highest BCUT2D eigenvalue weighted by molar-refractivity contribution is 5.98. The average molecular weight is 313 g/mol. The molecule has 0 radical (unpaired) electrons. The number of methoxy groups -OCH3 is 1. The van der Waals surface area contributed by atoms with E-state index in [1.807, 2.05) is 6.07 Å². The van der Waals surface area contributed by atoms with Crippen LogP contribution in [0.3, 0.4) is 0 Å². The summed E-state index contributed by atoms with van der Waals surface area (Å²) in [5.41, 5.74) is 3.15. The first-order valence-electron chi connectivity index (χ1n) is 7.18. The molecule has 0 fully saturated rings. The van der Waals surface area contributed by atoms with Gasteiger partial charge in [0, 0.05) is 12.1 Å². The molecule has 0 bridgehead atoms. The van der Waals surface area contributed by atoms with Gasteiger partial charge in [0.25, 0.3) is 5.91 Å². The number of rotatable bonds is 4. The molecule has 0 heterocycles. The van der Waals surface area contributed by atoms with Crippen LogP contribution in [-0.2, 0) is 11.3 Å². The van der Waals surface area contributed by atoms with Gasteiger partial charge in [-0.05, 0) is 54.8 Å². The minimum atomic E-state index is -0.410. The minimum Gasteiger partial charge on any atom is -0.508 e. The van der Waals surface area contributed by atoms with E-state index in [1.54, 1.807) is 44.2 Å². The number of phenolic OH excluding ortho intramolecular Hbond substituents is 1. The molecule has 2 N–H and O–H groups in total. The summed E-state index contributed by atoms with van der Waals surface area (Å²) in [6.45, 7) is 3.85. The maximum Gasteiger partial charge on any atom is 0.338 e. The van der Waals surface area contributed by atoms with Gasteiger partial charge in [0.15, 0.2) is 0 Å². The molecule has 2 aromatic rings. The molecule has 0 atom stereocenters. The molecule has 0 spiro atoms. The Morgan fingerprint density at radius 2 is 1.78 bits per heavy atom. The number of benzene rings is 2. The summed E-state index contributed by atoms with van der Waals surface area (Å²) in [5.74, 6) is -0.492. The van der Waals surface area contributed by atoms with E-state index in [4.69, 9.17) is 4.74 Å². The summed E-state index contributed by atoms with van der Waals surface area (Å²) in [5, 5.41) is 12.2. The molecular formula is C18H19NO4. The smallest absolute Gasteiger partial charge is 0.338 e. The van der Waals surface area contributed by atoms with Crippen LogP contribution in [0.1, 0.15) is 37.4 Å². The van der Waals surface area contributed by atoms with Crippen LogP contribution in [0.25, 0.3) is 0 Å². The number of phenols is 1. The Labute approximate surface area is 134 Å². The van der Waals surface area contributed by atoms with E-state index in [1.165, 1.54) is 7.11 Å². The first-order valence-corrected chi connectivity index (χ1v) is 7.18. The van der Waals surface area contributed by atoms with E-state index in [9.17, 15) is 14.7 Å². The summed E-state index contributed by atoms with van der Waals surface area (Å²) in [6, 6.07) is 10.0. The summed E-state index contributed by atoms with van der Waals surface area (Å²) in [7, 11) is 1.33. The van der Waals surface area contributed by atoms with Gasteiger partial charge in [-0.15, -0.1) is 0 Å². The molecular weight excluding hydrogens is 294 g/mol. The lowest BCUT2D eigenvalue weighted by Crippen LogP contribution is -2.23. The van der Waals surface area contributed by atoms with Crippen molar-refractivity contribution in [2.75, 3.05) is 7.11 Å². The number of aryl methyl sites for hydroxylation is 2. The van der Waals surface area contributed by atoms with Crippen molar-refractivity contribution < 1.29 is 19.4 Å². The Kier molecular flexibility index (Phi) is 5.01. The number of aromatic hydroxyl groups is 1. The van der Waals surface area contributed by atoms with Gasteiger partial charge in [-0.1, -0.05) is 12.1 Å². The Hall–Kier alpha value is -2.82. The van der Waals surface area contributed by atoms with Crippen molar-refractivity contribution >= 4 is 11.9 Å². The lowest BCUT2D eigenvalue weighted by atomic mass is 9.99. The zero-order valence-electron chi connectivity index (χ0n) is 13.3. The minimum absolute atomic E-state index is 0.158. The first-order chi connectivity index (χ1) is 10.9. The van der Waals surface area contributed by atoms with Crippen LogP contribution in [0, 0.1) is 13.8 Å². The Morgan fingerprint density at radius 3 is 2.35 bits per heavy atom. The van der Waals surface area contributed by atoms with E-state index < -0.39 is 5.97 Å². The third-order valence-electron chi connectivity index (χ3n) is 3.55. The van der Waals surface area contributed by atoms with Crippen molar-refractivity contribution in [2.24, 2.45) is 0 Å². The van der Waals surface area contributed by atoms with Crippen LogP contribution >= 0.6 is 0 Å². The number of nitrogens with one attached hydrogen (secondary N) is 1. The zero-order chi connectivity index (χ0) is 17.0. The molecule has 5 heteroatoms. The molecule has 0 aromatic heterocycles. The van der Waals surface area contributed by atoms with Gasteiger partial charge in [0.05, 0.1) is 12.7 Å². The van der Waals surface area contributed by atoms with Gasteiger partial charge in [-0.2, -0.15) is 0 Å². The van der Waals surface area contributed by atoms with Crippen LogP contribution in [0.2, 0.25) is 0 Å². The molecule has 0 saturated heterocycles. The summed E-state index contributed by atoms with van der Waals surface area (Å²) in [4.78, 5) is 24.0. The van der Waals surface area contributed by atoms with Crippen molar-refractivity contribution in [1.82, 2.24) is 5.32 Å². The summed E-state index contributed by atoms with van der Waals surface area (Å²) in [6.07, 6.45) is 0. The quantitative estimate of drug-likeness (QED) is 0.851. The maximum absolute atomic E-state index is 12.3. The highest BCUT2D eigenvalue weighted by atomic mass is 16.5. The first kappa shape index (κ1) is 16.5. The van der Waals surface area contributed by atoms with Crippen LogP contribution in [-0.4, -0.2) is 24.1 Å². The molecule has 0 aliphatic carbocycles. The molecule has 0 unspecified atom stereocenters. The van der Waals surface area contributed by atoms with E-state index in [2.05, 4.69) is 5.32 Å². The monoisotopic (exact) mass is 313 g/mol. The van der Waals surface area contributed by atoms with Gasteiger partial charge in [0.1, 0.15) is 5.75 Å². The number of hydrogen-bond acceptors (Lipinski definition) is 4. The Balaban J connectivity index is 2.15. The fourth-order valence-corrected chi connectivity index (χ4v) is 2.47. The number of carbonyl (C=O) groups excluding carboxylic acids is 2. The SMILES string of the molecule is COC(=O)c1c(C)cc(C(=O)NCc2cccc(O)c2)cc1C. The van der Waals surface area contributed by atoms with E-state index >= 15 is 0 Å². The van der Waals surface area contributed by atoms with Gasteiger partial charge in [-0.3, -0.25) is 4.79 Å². The Bertz CT molecular complexity index is 729. The topological polar surface area (TPSA) is 75.6 Å². The van der Waals surface area contributed by atoms with Gasteiger partial charge >= 0.3 is 5.97 Å². The number of hydrogen-bond donors (Lipinski definition) is 2. The van der Waals surface area contributed by atoms with Crippen molar-refractivity contribution in [2.45, 2.75) is 20.4 Å². The van der Waals surface area contributed by atoms with Crippen LogP contribution in [0.15, 0.2) is 36.4 Å². The van der Waals surface area contributed by atoms with Crippen LogP contribution in [0.5, 0.6) is 5.75 Å². The zero-order valence-corrected chi connectivity index (χ0v) is 13.3. The predicted molar refractivity (Wildman–Crippen MR) is 86.5 cm³/mol. The van der Waals surface area contributed by atoms with Gasteiger partial charge in [0.2, 0.25) is 0 Å². The van der Waals surface area contributed by atoms with Crippen LogP contribution < -0.4 is 5.32 Å². The van der Waals surface area contributed by atoms with Gasteiger partial charge in [-0.25, -0.2) is 4.79 Å². The number of carbonyl (C=O) groups is 2. The third-order valence-corrected chi connectivity index (χ3v) is 3.55. The second kappa shape index (κ2) is 6.96. The average Bonchev–Trinajstić information content (AvgIpc) is 2.51. The summed E-state index contributed by atoms with van der Waals surface area (Å²) < 4.78 is 4.75. The normalized spacial score (nSPS) is 10.2. The van der Waals surface area contributed by atoms with Crippen molar-refractivity contribution in [3.05, 3.63) is 64.2 Å². The molecule has 2 aromatic carbocycles. The molecule has 2 rings (SSSR count). The highest BCUT2D eigenvalue weighted by Crippen LogP contribution is 2.18. The second-order valence-corrected chi connectivity index (χ2v) is 5.33. The van der Waals surface area contributed by atoms with E-state index in [0.29, 0.717) is 28.8 Å². The molecule has 5 nitrogen and oxygen atoms in total. The third kappa shape index (κ3) is 3.88. The predicted octanol–water partition coefficient (Wildman–Crippen LogP) is 2.73. The fourth-order valence-electron chi connectivity index (χ4n) is 2.47. The van der Waals surface area contributed by atoms with Crippen molar-refractivity contribution in [3.8, 4) is 5.75 Å². The van der Waals surface area contributed by atoms with Crippen LogP contribution in [0.4, 0.5) is 0 Å².